The molecule has 0 spiro atoms. The van der Waals surface area contributed by atoms with Gasteiger partial charge in [-0.3, -0.25) is 0 Å². The number of primary sulfonamides is 1. The summed E-state index contributed by atoms with van der Waals surface area (Å²) >= 11 is 0. The third kappa shape index (κ3) is 5.65. The lowest BCUT2D eigenvalue weighted by atomic mass is 10.2. The van der Waals surface area contributed by atoms with E-state index in [2.05, 4.69) is 0 Å². The van der Waals surface area contributed by atoms with E-state index in [1.807, 2.05) is 0 Å². The Kier molecular flexibility index (Phi) is 4.57. The molecule has 1 rings (SSSR count). The molecule has 1 fully saturated rings. The van der Waals surface area contributed by atoms with Crippen LogP contribution in [-0.4, -0.2) is 56.6 Å². The van der Waals surface area contributed by atoms with Crippen LogP contribution >= 0.6 is 0 Å². The van der Waals surface area contributed by atoms with Gasteiger partial charge in [-0.25, -0.2) is 18.4 Å². The summed E-state index contributed by atoms with van der Waals surface area (Å²) in [5.74, 6) is -0.299. The second-order valence-electron chi connectivity index (χ2n) is 5.25. The molecule has 0 aromatic heterocycles. The summed E-state index contributed by atoms with van der Waals surface area (Å²) in [6, 6.07) is 0. The fraction of sp³-hybridized carbons (Fsp3) is 0.900. The number of morpholine rings is 1. The van der Waals surface area contributed by atoms with Crippen molar-refractivity contribution in [3.8, 4) is 0 Å². The largest absolute Gasteiger partial charge is 0.444 e. The highest BCUT2D eigenvalue weighted by Gasteiger charge is 2.29. The normalized spacial score (nSPS) is 21.8. The summed E-state index contributed by atoms with van der Waals surface area (Å²) in [6.45, 7) is 6.15. The lowest BCUT2D eigenvalue weighted by molar-refractivity contribution is -0.0342. The topological polar surface area (TPSA) is 98.9 Å². The highest BCUT2D eigenvalue weighted by atomic mass is 32.2. The highest BCUT2D eigenvalue weighted by Crippen LogP contribution is 2.13. The zero-order valence-electron chi connectivity index (χ0n) is 10.9. The summed E-state index contributed by atoms with van der Waals surface area (Å²) in [5, 5.41) is 4.95. The molecule has 2 N–H and O–H groups in total. The fourth-order valence-electron chi connectivity index (χ4n) is 1.57. The molecule has 0 saturated carbocycles. The standard InChI is InChI=1S/C10H20N2O5S/c1-10(2,3)17-9(13)12-4-5-16-8(6-12)7-18(11,14)15/h8H,4-7H2,1-3H3,(H2,11,14,15)/t8-/m1/s1. The number of amides is 1. The van der Waals surface area contributed by atoms with Gasteiger partial charge in [0.2, 0.25) is 10.0 Å². The van der Waals surface area contributed by atoms with Crippen molar-refractivity contribution in [2.45, 2.75) is 32.5 Å². The van der Waals surface area contributed by atoms with E-state index in [-0.39, 0.29) is 18.9 Å². The minimum atomic E-state index is -3.61. The van der Waals surface area contributed by atoms with Crippen LogP contribution in [0, 0.1) is 0 Å². The SMILES string of the molecule is CC(C)(C)OC(=O)N1CCO[C@@H](CS(N)(=O)=O)C1. The number of ether oxygens (including phenoxy) is 2. The highest BCUT2D eigenvalue weighted by molar-refractivity contribution is 7.89. The fourth-order valence-corrected chi connectivity index (χ4v) is 2.29. The van der Waals surface area contributed by atoms with Crippen LogP contribution in [0.5, 0.6) is 0 Å². The Labute approximate surface area is 107 Å². The molecule has 18 heavy (non-hydrogen) atoms. The molecule has 7 nitrogen and oxygen atoms in total. The summed E-state index contributed by atoms with van der Waals surface area (Å²) in [6.07, 6.45) is -1.06. The Morgan fingerprint density at radius 1 is 1.50 bits per heavy atom. The van der Waals surface area contributed by atoms with Crippen molar-refractivity contribution in [1.82, 2.24) is 4.90 Å². The van der Waals surface area contributed by atoms with Gasteiger partial charge in [0.15, 0.2) is 0 Å². The quantitative estimate of drug-likeness (QED) is 0.762. The van der Waals surface area contributed by atoms with E-state index < -0.39 is 27.8 Å². The number of nitrogens with zero attached hydrogens (tertiary/aromatic N) is 1. The average molecular weight is 280 g/mol. The van der Waals surface area contributed by atoms with E-state index in [0.717, 1.165) is 0 Å². The monoisotopic (exact) mass is 280 g/mol. The Morgan fingerprint density at radius 3 is 2.61 bits per heavy atom. The number of sulfonamides is 1. The van der Waals surface area contributed by atoms with Gasteiger partial charge in [-0.1, -0.05) is 0 Å². The van der Waals surface area contributed by atoms with Gasteiger partial charge in [-0.05, 0) is 20.8 Å². The maximum atomic E-state index is 11.8. The first kappa shape index (κ1) is 15.2. The molecular formula is C10H20N2O5S. The van der Waals surface area contributed by atoms with Crippen molar-refractivity contribution in [3.05, 3.63) is 0 Å². The summed E-state index contributed by atoms with van der Waals surface area (Å²) in [7, 11) is -3.61. The molecule has 8 heteroatoms. The third-order valence-electron chi connectivity index (χ3n) is 2.21. The number of nitrogens with two attached hydrogens (primary N) is 1. The molecule has 0 radical (unpaired) electrons. The first-order chi connectivity index (χ1) is 8.07. The van der Waals surface area contributed by atoms with Crippen LogP contribution in [0.4, 0.5) is 4.79 Å². The summed E-state index contributed by atoms with van der Waals surface area (Å²) in [5.41, 5.74) is -0.579. The van der Waals surface area contributed by atoms with Crippen LogP contribution in [0.1, 0.15) is 20.8 Å². The van der Waals surface area contributed by atoms with E-state index in [9.17, 15) is 13.2 Å². The Hall–Kier alpha value is -0.860. The molecule has 106 valence electrons. The van der Waals surface area contributed by atoms with Crippen molar-refractivity contribution >= 4 is 16.1 Å². The second-order valence-corrected chi connectivity index (χ2v) is 6.91. The van der Waals surface area contributed by atoms with E-state index in [1.54, 1.807) is 20.8 Å². The maximum absolute atomic E-state index is 11.8. The Morgan fingerprint density at radius 2 is 2.11 bits per heavy atom. The predicted molar refractivity (Wildman–Crippen MR) is 65.5 cm³/mol. The van der Waals surface area contributed by atoms with Crippen LogP contribution in [0.2, 0.25) is 0 Å². The molecule has 0 aromatic carbocycles. The Bertz CT molecular complexity index is 401. The molecule has 1 heterocycles. The molecule has 0 aromatic rings. The molecule has 0 aliphatic carbocycles. The van der Waals surface area contributed by atoms with Crippen LogP contribution in [0.3, 0.4) is 0 Å². The molecule has 1 amide bonds. The van der Waals surface area contributed by atoms with Gasteiger partial charge in [0.05, 0.1) is 25.0 Å². The number of hydrogen-bond donors (Lipinski definition) is 1. The van der Waals surface area contributed by atoms with Gasteiger partial charge >= 0.3 is 6.09 Å². The average Bonchev–Trinajstić information content (AvgIpc) is 2.12. The van der Waals surface area contributed by atoms with Crippen molar-refractivity contribution < 1.29 is 22.7 Å². The summed E-state index contributed by atoms with van der Waals surface area (Å²) in [4.78, 5) is 13.2. The van der Waals surface area contributed by atoms with Crippen LogP contribution in [-0.2, 0) is 19.5 Å². The van der Waals surface area contributed by atoms with Crippen molar-refractivity contribution in [2.75, 3.05) is 25.4 Å². The van der Waals surface area contributed by atoms with Crippen molar-refractivity contribution in [2.24, 2.45) is 5.14 Å². The first-order valence-electron chi connectivity index (χ1n) is 5.67. The number of rotatable bonds is 2. The van der Waals surface area contributed by atoms with Gasteiger partial charge in [0, 0.05) is 6.54 Å². The first-order valence-corrected chi connectivity index (χ1v) is 7.38. The smallest absolute Gasteiger partial charge is 0.410 e. The van der Waals surface area contributed by atoms with E-state index >= 15 is 0 Å². The number of hydrogen-bond acceptors (Lipinski definition) is 5. The van der Waals surface area contributed by atoms with E-state index in [0.29, 0.717) is 6.54 Å². The molecule has 1 saturated heterocycles. The second kappa shape index (κ2) is 5.41. The van der Waals surface area contributed by atoms with Gasteiger partial charge in [0.25, 0.3) is 0 Å². The minimum Gasteiger partial charge on any atom is -0.444 e. The number of carbonyl (C=O) groups is 1. The zero-order valence-corrected chi connectivity index (χ0v) is 11.7. The minimum absolute atomic E-state index is 0.172. The number of carbonyl (C=O) groups excluding carboxylic acids is 1. The van der Waals surface area contributed by atoms with Crippen LogP contribution in [0.15, 0.2) is 0 Å². The molecule has 0 unspecified atom stereocenters. The molecular weight excluding hydrogens is 260 g/mol. The molecule has 0 bridgehead atoms. The summed E-state index contributed by atoms with van der Waals surface area (Å²) < 4.78 is 32.4. The van der Waals surface area contributed by atoms with E-state index in [4.69, 9.17) is 14.6 Å². The van der Waals surface area contributed by atoms with Crippen LogP contribution in [0.25, 0.3) is 0 Å². The third-order valence-corrected chi connectivity index (χ3v) is 3.05. The van der Waals surface area contributed by atoms with Crippen molar-refractivity contribution in [1.29, 1.82) is 0 Å². The molecule has 1 aliphatic rings. The zero-order chi connectivity index (χ0) is 14.0. The molecule has 1 atom stereocenters. The maximum Gasteiger partial charge on any atom is 0.410 e. The van der Waals surface area contributed by atoms with Crippen LogP contribution < -0.4 is 5.14 Å². The predicted octanol–water partition coefficient (Wildman–Crippen LogP) is -0.0892. The van der Waals surface area contributed by atoms with Gasteiger partial charge < -0.3 is 14.4 Å². The van der Waals surface area contributed by atoms with E-state index in [1.165, 1.54) is 4.90 Å². The van der Waals surface area contributed by atoms with Gasteiger partial charge in [-0.15, -0.1) is 0 Å². The Balaban J connectivity index is 2.56. The van der Waals surface area contributed by atoms with Crippen molar-refractivity contribution in [3.63, 3.8) is 0 Å². The van der Waals surface area contributed by atoms with Gasteiger partial charge in [-0.2, -0.15) is 0 Å². The lowest BCUT2D eigenvalue weighted by Crippen LogP contribution is -2.49. The molecule has 1 aliphatic heterocycles. The van der Waals surface area contributed by atoms with Gasteiger partial charge in [0.1, 0.15) is 5.60 Å². The lowest BCUT2D eigenvalue weighted by Gasteiger charge is -2.33.